The van der Waals surface area contributed by atoms with Crippen molar-refractivity contribution in [2.45, 2.75) is 0 Å². The van der Waals surface area contributed by atoms with Crippen molar-refractivity contribution < 1.29 is 14.2 Å². The van der Waals surface area contributed by atoms with Gasteiger partial charge in [0.15, 0.2) is 5.76 Å². The first-order valence-corrected chi connectivity index (χ1v) is 5.36. The number of hydrazone groups is 1. The second-order valence-electron chi connectivity index (χ2n) is 3.58. The third-order valence-electron chi connectivity index (χ3n) is 2.26. The standard InChI is InChI=1S/C12H11BN2O3/c16-12(11-5-2-6-18-11)15-14-8-9-3-1-4-10(7-9)13-17/h1-8,13,17H,(H,15,16)/b14-8+. The summed E-state index contributed by atoms with van der Waals surface area (Å²) < 4.78 is 4.92. The number of amides is 1. The lowest BCUT2D eigenvalue weighted by Crippen LogP contribution is -2.17. The minimum absolute atomic E-state index is 0.0273. The Morgan fingerprint density at radius 3 is 3.00 bits per heavy atom. The zero-order valence-electron chi connectivity index (χ0n) is 9.54. The number of benzene rings is 1. The first-order valence-electron chi connectivity index (χ1n) is 5.36. The van der Waals surface area contributed by atoms with Crippen molar-refractivity contribution in [3.05, 3.63) is 54.0 Å². The predicted octanol–water partition coefficient (Wildman–Crippen LogP) is 0.0126. The van der Waals surface area contributed by atoms with Crippen LogP contribution in [0.25, 0.3) is 0 Å². The molecule has 5 nitrogen and oxygen atoms in total. The summed E-state index contributed by atoms with van der Waals surface area (Å²) in [5, 5.41) is 12.8. The average molecular weight is 242 g/mol. The fraction of sp³-hybridized carbons (Fsp3) is 0. The Morgan fingerprint density at radius 2 is 2.28 bits per heavy atom. The van der Waals surface area contributed by atoms with Gasteiger partial charge in [0.1, 0.15) is 0 Å². The monoisotopic (exact) mass is 242 g/mol. The molecule has 1 heterocycles. The molecular formula is C12H11BN2O3. The predicted molar refractivity (Wildman–Crippen MR) is 69.2 cm³/mol. The minimum Gasteiger partial charge on any atom is -0.459 e. The second kappa shape index (κ2) is 5.83. The lowest BCUT2D eigenvalue weighted by Gasteiger charge is -1.97. The van der Waals surface area contributed by atoms with Gasteiger partial charge in [0, 0.05) is 0 Å². The quantitative estimate of drug-likeness (QED) is 0.450. The van der Waals surface area contributed by atoms with Crippen molar-refractivity contribution in [3.8, 4) is 0 Å². The second-order valence-corrected chi connectivity index (χ2v) is 3.58. The van der Waals surface area contributed by atoms with E-state index in [-0.39, 0.29) is 13.2 Å². The van der Waals surface area contributed by atoms with Gasteiger partial charge in [0.25, 0.3) is 0 Å². The molecule has 0 atom stereocenters. The van der Waals surface area contributed by atoms with E-state index in [9.17, 15) is 4.79 Å². The molecule has 0 saturated carbocycles. The van der Waals surface area contributed by atoms with E-state index in [1.807, 2.05) is 6.07 Å². The molecule has 18 heavy (non-hydrogen) atoms. The molecule has 0 aliphatic carbocycles. The van der Waals surface area contributed by atoms with Crippen molar-refractivity contribution in [2.75, 3.05) is 0 Å². The zero-order chi connectivity index (χ0) is 12.8. The Bertz CT molecular complexity index is 552. The number of hydrogen-bond donors (Lipinski definition) is 2. The molecule has 0 fully saturated rings. The van der Waals surface area contributed by atoms with Crippen LogP contribution in [0, 0.1) is 0 Å². The first-order chi connectivity index (χ1) is 8.79. The number of nitrogens with zero attached hydrogens (tertiary/aromatic N) is 1. The Morgan fingerprint density at radius 1 is 1.39 bits per heavy atom. The molecule has 0 bridgehead atoms. The van der Waals surface area contributed by atoms with Crippen LogP contribution in [-0.4, -0.2) is 24.6 Å². The number of rotatable bonds is 4. The van der Waals surface area contributed by atoms with Gasteiger partial charge in [-0.2, -0.15) is 5.10 Å². The van der Waals surface area contributed by atoms with E-state index in [0.29, 0.717) is 0 Å². The Labute approximate surface area is 104 Å². The van der Waals surface area contributed by atoms with Gasteiger partial charge < -0.3 is 9.44 Å². The number of carbonyl (C=O) groups excluding carboxylic acids is 1. The Hall–Kier alpha value is -2.34. The van der Waals surface area contributed by atoms with Gasteiger partial charge in [-0.3, -0.25) is 4.79 Å². The SMILES string of the molecule is O=C(N/N=C/c1cccc(BO)c1)c1ccco1. The molecule has 0 unspecified atom stereocenters. The molecule has 0 radical (unpaired) electrons. The van der Waals surface area contributed by atoms with Crippen molar-refractivity contribution >= 4 is 25.1 Å². The van der Waals surface area contributed by atoms with Crippen LogP contribution < -0.4 is 10.9 Å². The zero-order valence-corrected chi connectivity index (χ0v) is 9.54. The lowest BCUT2D eigenvalue weighted by atomic mass is 9.88. The van der Waals surface area contributed by atoms with Gasteiger partial charge in [0.2, 0.25) is 0 Å². The normalized spacial score (nSPS) is 10.5. The molecule has 6 heteroatoms. The summed E-state index contributed by atoms with van der Waals surface area (Å²) in [6.45, 7) is 0. The smallest absolute Gasteiger partial charge is 0.307 e. The van der Waals surface area contributed by atoms with E-state index in [1.165, 1.54) is 12.5 Å². The highest BCUT2D eigenvalue weighted by molar-refractivity contribution is 6.45. The highest BCUT2D eigenvalue weighted by atomic mass is 16.3. The van der Waals surface area contributed by atoms with E-state index < -0.39 is 5.91 Å². The molecular weight excluding hydrogens is 231 g/mol. The molecule has 0 spiro atoms. The van der Waals surface area contributed by atoms with Crippen LogP contribution in [0.2, 0.25) is 0 Å². The van der Waals surface area contributed by atoms with E-state index in [0.717, 1.165) is 11.0 Å². The Balaban J connectivity index is 1.97. The minimum atomic E-state index is -0.408. The molecule has 0 aliphatic rings. The molecule has 2 N–H and O–H groups in total. The summed E-state index contributed by atoms with van der Waals surface area (Å²) >= 11 is 0. The summed E-state index contributed by atoms with van der Waals surface area (Å²) in [4.78, 5) is 11.5. The number of carbonyl (C=O) groups is 1. The highest BCUT2D eigenvalue weighted by Crippen LogP contribution is 1.99. The molecule has 0 aliphatic heterocycles. The molecule has 1 aromatic carbocycles. The van der Waals surface area contributed by atoms with Gasteiger partial charge in [-0.05, 0) is 17.7 Å². The average Bonchev–Trinajstić information content (AvgIpc) is 2.93. The van der Waals surface area contributed by atoms with E-state index >= 15 is 0 Å². The van der Waals surface area contributed by atoms with Crippen LogP contribution >= 0.6 is 0 Å². The largest absolute Gasteiger partial charge is 0.459 e. The maximum atomic E-state index is 11.5. The molecule has 1 aromatic heterocycles. The fourth-order valence-corrected chi connectivity index (χ4v) is 1.40. The third kappa shape index (κ3) is 3.08. The molecule has 1 amide bonds. The van der Waals surface area contributed by atoms with Crippen LogP contribution in [0.1, 0.15) is 16.1 Å². The summed E-state index contributed by atoms with van der Waals surface area (Å²) in [7, 11) is -0.0273. The van der Waals surface area contributed by atoms with Crippen LogP contribution in [0.3, 0.4) is 0 Å². The maximum Gasteiger partial charge on any atom is 0.307 e. The van der Waals surface area contributed by atoms with E-state index in [4.69, 9.17) is 9.44 Å². The van der Waals surface area contributed by atoms with Crippen molar-refractivity contribution in [1.29, 1.82) is 0 Å². The van der Waals surface area contributed by atoms with Gasteiger partial charge in [-0.15, -0.1) is 0 Å². The number of hydrogen-bond acceptors (Lipinski definition) is 4. The topological polar surface area (TPSA) is 74.8 Å². The van der Waals surface area contributed by atoms with E-state index in [1.54, 1.807) is 30.3 Å². The highest BCUT2D eigenvalue weighted by Gasteiger charge is 2.05. The Kier molecular flexibility index (Phi) is 3.93. The van der Waals surface area contributed by atoms with Crippen LogP contribution in [-0.2, 0) is 0 Å². The molecule has 90 valence electrons. The van der Waals surface area contributed by atoms with Crippen molar-refractivity contribution in [2.24, 2.45) is 5.10 Å². The summed E-state index contributed by atoms with van der Waals surface area (Å²) in [5.74, 6) is -0.203. The molecule has 2 rings (SSSR count). The summed E-state index contributed by atoms with van der Waals surface area (Å²) in [6.07, 6.45) is 2.92. The van der Waals surface area contributed by atoms with Gasteiger partial charge in [-0.1, -0.05) is 29.7 Å². The van der Waals surface area contributed by atoms with Gasteiger partial charge in [0.05, 0.1) is 12.5 Å². The fourth-order valence-electron chi connectivity index (χ4n) is 1.40. The molecule has 2 aromatic rings. The third-order valence-corrected chi connectivity index (χ3v) is 2.26. The maximum absolute atomic E-state index is 11.5. The van der Waals surface area contributed by atoms with Gasteiger partial charge in [-0.25, -0.2) is 5.43 Å². The first kappa shape index (κ1) is 12.1. The van der Waals surface area contributed by atoms with E-state index in [2.05, 4.69) is 10.5 Å². The van der Waals surface area contributed by atoms with Crippen LogP contribution in [0.4, 0.5) is 0 Å². The van der Waals surface area contributed by atoms with Crippen LogP contribution in [0.5, 0.6) is 0 Å². The number of furan rings is 1. The van der Waals surface area contributed by atoms with Gasteiger partial charge >= 0.3 is 13.4 Å². The van der Waals surface area contributed by atoms with Crippen molar-refractivity contribution in [1.82, 2.24) is 5.43 Å². The van der Waals surface area contributed by atoms with Crippen molar-refractivity contribution in [3.63, 3.8) is 0 Å². The number of nitrogens with one attached hydrogen (secondary N) is 1. The summed E-state index contributed by atoms with van der Waals surface area (Å²) in [5.41, 5.74) is 3.93. The van der Waals surface area contributed by atoms with Crippen LogP contribution in [0.15, 0.2) is 52.2 Å². The lowest BCUT2D eigenvalue weighted by molar-refractivity contribution is 0.0927. The summed E-state index contributed by atoms with van der Waals surface area (Å²) in [6, 6.07) is 10.4. The molecule has 0 saturated heterocycles.